The number of rotatable bonds is 7. The smallest absolute Gasteiger partial charge is 0.216 e. The van der Waals surface area contributed by atoms with Crippen LogP contribution < -0.4 is 15.5 Å². The molecule has 164 valence electrons. The zero-order valence-electron chi connectivity index (χ0n) is 18.2. The van der Waals surface area contributed by atoms with Crippen LogP contribution in [-0.2, 0) is 10.3 Å². The van der Waals surface area contributed by atoms with E-state index in [1.807, 2.05) is 36.7 Å². The molecule has 0 bridgehead atoms. The fourth-order valence-corrected chi connectivity index (χ4v) is 4.56. The topological polar surface area (TPSA) is 79.4 Å². The molecule has 1 atom stereocenters. The van der Waals surface area contributed by atoms with Crippen LogP contribution in [0.2, 0.25) is 0 Å². The van der Waals surface area contributed by atoms with Crippen molar-refractivity contribution in [3.63, 3.8) is 0 Å². The molecule has 5 rings (SSSR count). The highest BCUT2D eigenvalue weighted by molar-refractivity contribution is 5.85. The fraction of sp³-hybridized carbons (Fsp3) is 0.320. The van der Waals surface area contributed by atoms with Crippen LogP contribution in [0.3, 0.4) is 0 Å². The van der Waals surface area contributed by atoms with E-state index in [0.717, 1.165) is 53.7 Å². The molecule has 1 unspecified atom stereocenters. The van der Waals surface area contributed by atoms with Gasteiger partial charge >= 0.3 is 0 Å². The van der Waals surface area contributed by atoms with Crippen molar-refractivity contribution in [1.29, 1.82) is 0 Å². The fourth-order valence-electron chi connectivity index (χ4n) is 4.56. The molecule has 0 aliphatic carbocycles. The van der Waals surface area contributed by atoms with E-state index in [4.69, 9.17) is 9.72 Å². The number of aromatic nitrogens is 2. The summed E-state index contributed by atoms with van der Waals surface area (Å²) in [6.07, 6.45) is 9.01. The molecule has 1 saturated heterocycles. The lowest BCUT2D eigenvalue weighted by molar-refractivity contribution is -0.118. The minimum absolute atomic E-state index is 0.0229. The third kappa shape index (κ3) is 3.80. The van der Waals surface area contributed by atoms with Crippen LogP contribution in [0, 0.1) is 0 Å². The van der Waals surface area contributed by atoms with E-state index in [1.54, 1.807) is 0 Å². The Hall–Kier alpha value is -3.45. The van der Waals surface area contributed by atoms with Crippen LogP contribution in [-0.4, -0.2) is 40.6 Å². The van der Waals surface area contributed by atoms with E-state index in [2.05, 4.69) is 45.0 Å². The SMILES string of the molecule is CC(=O)NCCCOc1ccc2c(C3(c4ccccn4)C=C4CCCN4N3)ccnc2c1. The van der Waals surface area contributed by atoms with Gasteiger partial charge in [-0.3, -0.25) is 14.8 Å². The molecule has 0 spiro atoms. The number of pyridine rings is 2. The zero-order valence-corrected chi connectivity index (χ0v) is 18.2. The maximum absolute atomic E-state index is 11.0. The Balaban J connectivity index is 1.47. The molecule has 1 amide bonds. The molecular formula is C25H27N5O2. The van der Waals surface area contributed by atoms with Gasteiger partial charge in [0.05, 0.1) is 17.8 Å². The number of amides is 1. The molecule has 2 aromatic heterocycles. The number of hydrazine groups is 1. The standard InChI is InChI=1S/C25H27N5O2/c1-18(31)26-12-5-15-32-20-8-9-21-22(10-13-27-23(21)16-20)25(24-7-2-3-11-28-24)17-19-6-4-14-30(19)29-25/h2-3,7-11,13,16-17,29H,4-6,12,14-15H2,1H3,(H,26,31). The van der Waals surface area contributed by atoms with Gasteiger partial charge in [-0.2, -0.15) is 0 Å². The first-order chi connectivity index (χ1) is 15.7. The molecule has 0 saturated carbocycles. The van der Waals surface area contributed by atoms with Gasteiger partial charge in [0, 0.05) is 49.6 Å². The summed E-state index contributed by atoms with van der Waals surface area (Å²) in [5.41, 5.74) is 7.51. The Labute approximate surface area is 187 Å². The molecule has 1 aromatic carbocycles. The highest BCUT2D eigenvalue weighted by Crippen LogP contribution is 2.42. The molecule has 2 N–H and O–H groups in total. The van der Waals surface area contributed by atoms with Crippen molar-refractivity contribution in [2.75, 3.05) is 19.7 Å². The lowest BCUT2D eigenvalue weighted by Crippen LogP contribution is -2.45. The van der Waals surface area contributed by atoms with E-state index in [0.29, 0.717) is 13.2 Å². The third-order valence-electron chi connectivity index (χ3n) is 6.03. The first-order valence-corrected chi connectivity index (χ1v) is 11.1. The number of hydrogen-bond acceptors (Lipinski definition) is 6. The van der Waals surface area contributed by atoms with Gasteiger partial charge in [-0.05, 0) is 61.2 Å². The van der Waals surface area contributed by atoms with Gasteiger partial charge in [-0.15, -0.1) is 0 Å². The lowest BCUT2D eigenvalue weighted by atomic mass is 9.84. The molecule has 1 fully saturated rings. The van der Waals surface area contributed by atoms with Crippen molar-refractivity contribution < 1.29 is 9.53 Å². The van der Waals surface area contributed by atoms with E-state index in [1.165, 1.54) is 12.6 Å². The molecule has 7 nitrogen and oxygen atoms in total. The summed E-state index contributed by atoms with van der Waals surface area (Å²) < 4.78 is 5.89. The van der Waals surface area contributed by atoms with Crippen molar-refractivity contribution in [3.05, 3.63) is 77.9 Å². The van der Waals surface area contributed by atoms with Crippen molar-refractivity contribution in [2.45, 2.75) is 31.7 Å². The number of allylic oxidation sites excluding steroid dienone is 1. The molecule has 7 heteroatoms. The number of carbonyl (C=O) groups is 1. The second kappa shape index (κ2) is 8.59. The zero-order chi connectivity index (χ0) is 22.0. The second-order valence-corrected chi connectivity index (χ2v) is 8.25. The highest BCUT2D eigenvalue weighted by atomic mass is 16.5. The Morgan fingerprint density at radius 1 is 1.22 bits per heavy atom. The minimum Gasteiger partial charge on any atom is -0.493 e. The summed E-state index contributed by atoms with van der Waals surface area (Å²) in [5, 5.41) is 6.10. The van der Waals surface area contributed by atoms with Crippen molar-refractivity contribution in [1.82, 2.24) is 25.7 Å². The monoisotopic (exact) mass is 429 g/mol. The molecule has 32 heavy (non-hydrogen) atoms. The molecule has 2 aliphatic rings. The van der Waals surface area contributed by atoms with Gasteiger partial charge in [0.15, 0.2) is 0 Å². The average Bonchev–Trinajstić information content (AvgIpc) is 3.39. The summed E-state index contributed by atoms with van der Waals surface area (Å²) in [4.78, 5) is 20.3. The summed E-state index contributed by atoms with van der Waals surface area (Å²) in [6.45, 7) is 3.66. The third-order valence-corrected chi connectivity index (χ3v) is 6.03. The van der Waals surface area contributed by atoms with Crippen LogP contribution >= 0.6 is 0 Å². The number of fused-ring (bicyclic) bond motifs is 2. The summed E-state index contributed by atoms with van der Waals surface area (Å²) in [7, 11) is 0. The molecule has 0 radical (unpaired) electrons. The van der Waals surface area contributed by atoms with Gasteiger partial charge in [0.1, 0.15) is 11.3 Å². The summed E-state index contributed by atoms with van der Waals surface area (Å²) >= 11 is 0. The number of benzene rings is 1. The summed E-state index contributed by atoms with van der Waals surface area (Å²) in [6, 6.07) is 14.2. The van der Waals surface area contributed by atoms with Crippen LogP contribution in [0.15, 0.2) is 66.6 Å². The number of ether oxygens (including phenoxy) is 1. The molecule has 3 aromatic rings. The molecule has 2 aliphatic heterocycles. The first kappa shape index (κ1) is 20.5. The van der Waals surface area contributed by atoms with Gasteiger partial charge in [0.2, 0.25) is 5.91 Å². The van der Waals surface area contributed by atoms with E-state index < -0.39 is 5.54 Å². The minimum atomic E-state index is -0.529. The predicted molar refractivity (Wildman–Crippen MR) is 123 cm³/mol. The second-order valence-electron chi connectivity index (χ2n) is 8.25. The molecular weight excluding hydrogens is 402 g/mol. The Kier molecular flexibility index (Phi) is 5.49. The van der Waals surface area contributed by atoms with Gasteiger partial charge in [-0.1, -0.05) is 6.07 Å². The number of nitrogens with one attached hydrogen (secondary N) is 2. The Bertz CT molecular complexity index is 1160. The first-order valence-electron chi connectivity index (χ1n) is 11.1. The largest absolute Gasteiger partial charge is 0.493 e. The molecule has 4 heterocycles. The van der Waals surface area contributed by atoms with Crippen molar-refractivity contribution in [3.8, 4) is 5.75 Å². The summed E-state index contributed by atoms with van der Waals surface area (Å²) in [5.74, 6) is 0.750. The van der Waals surface area contributed by atoms with Crippen LogP contribution in [0.5, 0.6) is 5.75 Å². The number of hydrogen-bond donors (Lipinski definition) is 2. The van der Waals surface area contributed by atoms with Crippen molar-refractivity contribution >= 4 is 16.8 Å². The quantitative estimate of drug-likeness (QED) is 0.561. The van der Waals surface area contributed by atoms with Crippen molar-refractivity contribution in [2.24, 2.45) is 0 Å². The van der Waals surface area contributed by atoms with Gasteiger partial charge in [0.25, 0.3) is 0 Å². The Morgan fingerprint density at radius 3 is 2.97 bits per heavy atom. The average molecular weight is 430 g/mol. The van der Waals surface area contributed by atoms with Crippen LogP contribution in [0.4, 0.5) is 0 Å². The Morgan fingerprint density at radius 2 is 2.16 bits per heavy atom. The lowest BCUT2D eigenvalue weighted by Gasteiger charge is -2.31. The van der Waals surface area contributed by atoms with Gasteiger partial charge < -0.3 is 15.1 Å². The maximum atomic E-state index is 11.0. The normalized spacial score (nSPS) is 19.7. The van der Waals surface area contributed by atoms with Crippen LogP contribution in [0.25, 0.3) is 10.9 Å². The number of carbonyl (C=O) groups excluding carboxylic acids is 1. The predicted octanol–water partition coefficient (Wildman–Crippen LogP) is 3.28. The van der Waals surface area contributed by atoms with E-state index in [-0.39, 0.29) is 5.91 Å². The maximum Gasteiger partial charge on any atom is 0.216 e. The number of nitrogens with zero attached hydrogens (tertiary/aromatic N) is 3. The van der Waals surface area contributed by atoms with Gasteiger partial charge in [-0.25, -0.2) is 5.43 Å². The van der Waals surface area contributed by atoms with E-state index in [9.17, 15) is 4.79 Å². The van der Waals surface area contributed by atoms with E-state index >= 15 is 0 Å². The van der Waals surface area contributed by atoms with Crippen LogP contribution in [0.1, 0.15) is 37.4 Å². The highest BCUT2D eigenvalue weighted by Gasteiger charge is 2.43.